The largest absolute Gasteiger partial charge is 0.439 e. The molecule has 0 aliphatic heterocycles. The number of thioether (sulfide) groups is 1. The molecule has 0 aliphatic carbocycles. The average Bonchev–Trinajstić information content (AvgIpc) is 2.53. The molecule has 5 nitrogen and oxygen atoms in total. The Labute approximate surface area is 129 Å². The molecule has 0 unspecified atom stereocenters. The van der Waals surface area contributed by atoms with Crippen LogP contribution in [0, 0.1) is 0 Å². The molecule has 0 spiro atoms. The highest BCUT2D eigenvalue weighted by molar-refractivity contribution is 7.98. The SMILES string of the molecule is CCOCc1nc(NC)cc(Oc2ccc(SC)cc2)n1. The predicted molar refractivity (Wildman–Crippen MR) is 85.2 cm³/mol. The fourth-order valence-electron chi connectivity index (χ4n) is 1.68. The molecule has 21 heavy (non-hydrogen) atoms. The summed E-state index contributed by atoms with van der Waals surface area (Å²) in [5, 5.41) is 3.00. The van der Waals surface area contributed by atoms with E-state index in [0.717, 1.165) is 5.75 Å². The fraction of sp³-hybridized carbons (Fsp3) is 0.333. The minimum atomic E-state index is 0.369. The molecule has 1 heterocycles. The van der Waals surface area contributed by atoms with E-state index >= 15 is 0 Å². The van der Waals surface area contributed by atoms with Crippen LogP contribution < -0.4 is 10.1 Å². The Morgan fingerprint density at radius 3 is 2.57 bits per heavy atom. The van der Waals surface area contributed by atoms with Gasteiger partial charge in [0.05, 0.1) is 0 Å². The third-order valence-corrected chi connectivity index (χ3v) is 3.47. The van der Waals surface area contributed by atoms with Gasteiger partial charge in [-0.2, -0.15) is 4.98 Å². The lowest BCUT2D eigenvalue weighted by Crippen LogP contribution is -2.04. The van der Waals surface area contributed by atoms with Gasteiger partial charge in [0.25, 0.3) is 0 Å². The van der Waals surface area contributed by atoms with Crippen molar-refractivity contribution in [2.75, 3.05) is 25.2 Å². The van der Waals surface area contributed by atoms with Gasteiger partial charge in [0.15, 0.2) is 5.82 Å². The van der Waals surface area contributed by atoms with E-state index < -0.39 is 0 Å². The van der Waals surface area contributed by atoms with Gasteiger partial charge >= 0.3 is 0 Å². The highest BCUT2D eigenvalue weighted by atomic mass is 32.2. The third-order valence-electron chi connectivity index (χ3n) is 2.72. The Morgan fingerprint density at radius 2 is 1.95 bits per heavy atom. The van der Waals surface area contributed by atoms with Crippen LogP contribution in [0.15, 0.2) is 35.2 Å². The Hall–Kier alpha value is -1.79. The summed E-state index contributed by atoms with van der Waals surface area (Å²) in [4.78, 5) is 9.87. The number of hydrogen-bond donors (Lipinski definition) is 1. The van der Waals surface area contributed by atoms with Gasteiger partial charge in [-0.1, -0.05) is 0 Å². The van der Waals surface area contributed by atoms with Gasteiger partial charge < -0.3 is 14.8 Å². The van der Waals surface area contributed by atoms with E-state index in [9.17, 15) is 0 Å². The quantitative estimate of drug-likeness (QED) is 0.789. The Kier molecular flexibility index (Phi) is 5.83. The molecule has 1 aromatic heterocycles. The molecule has 0 amide bonds. The molecule has 0 bridgehead atoms. The minimum absolute atomic E-state index is 0.369. The smallest absolute Gasteiger partial charge is 0.224 e. The second-order valence-electron chi connectivity index (χ2n) is 4.17. The fourth-order valence-corrected chi connectivity index (χ4v) is 2.08. The van der Waals surface area contributed by atoms with E-state index in [0.29, 0.717) is 30.7 Å². The summed E-state index contributed by atoms with van der Waals surface area (Å²) < 4.78 is 11.1. The molecule has 1 aromatic carbocycles. The zero-order chi connectivity index (χ0) is 15.1. The monoisotopic (exact) mass is 305 g/mol. The number of ether oxygens (including phenoxy) is 2. The van der Waals surface area contributed by atoms with Crippen molar-refractivity contribution in [3.05, 3.63) is 36.2 Å². The van der Waals surface area contributed by atoms with Gasteiger partial charge in [-0.15, -0.1) is 11.8 Å². The maximum atomic E-state index is 5.79. The van der Waals surface area contributed by atoms with Crippen molar-refractivity contribution in [3.63, 3.8) is 0 Å². The van der Waals surface area contributed by atoms with Gasteiger partial charge in [-0.3, -0.25) is 0 Å². The van der Waals surface area contributed by atoms with Crippen LogP contribution in [0.25, 0.3) is 0 Å². The molecule has 0 saturated heterocycles. The topological polar surface area (TPSA) is 56.3 Å². The summed E-state index contributed by atoms with van der Waals surface area (Å²) in [5.74, 6) is 2.55. The van der Waals surface area contributed by atoms with E-state index in [4.69, 9.17) is 9.47 Å². The number of aromatic nitrogens is 2. The van der Waals surface area contributed by atoms with E-state index in [1.807, 2.05) is 44.5 Å². The Balaban J connectivity index is 2.16. The third kappa shape index (κ3) is 4.61. The highest BCUT2D eigenvalue weighted by Crippen LogP contribution is 2.24. The summed E-state index contributed by atoms with van der Waals surface area (Å²) in [7, 11) is 1.81. The van der Waals surface area contributed by atoms with Gasteiger partial charge in [-0.05, 0) is 37.4 Å². The van der Waals surface area contributed by atoms with E-state index in [1.165, 1.54) is 4.90 Å². The Bertz CT molecular complexity index is 576. The van der Waals surface area contributed by atoms with Crippen LogP contribution in [-0.4, -0.2) is 29.9 Å². The highest BCUT2D eigenvalue weighted by Gasteiger charge is 2.06. The summed E-state index contributed by atoms with van der Waals surface area (Å²) >= 11 is 1.69. The van der Waals surface area contributed by atoms with Crippen LogP contribution in [0.3, 0.4) is 0 Å². The number of nitrogens with one attached hydrogen (secondary N) is 1. The second-order valence-corrected chi connectivity index (χ2v) is 5.05. The molecule has 0 fully saturated rings. The maximum absolute atomic E-state index is 5.79. The molecule has 0 radical (unpaired) electrons. The lowest BCUT2D eigenvalue weighted by Gasteiger charge is -2.09. The number of anilines is 1. The van der Waals surface area contributed by atoms with Gasteiger partial charge in [0.1, 0.15) is 18.2 Å². The van der Waals surface area contributed by atoms with Crippen LogP contribution in [0.2, 0.25) is 0 Å². The van der Waals surface area contributed by atoms with Gasteiger partial charge in [-0.25, -0.2) is 4.98 Å². The molecule has 0 aliphatic rings. The number of nitrogens with zero attached hydrogens (tertiary/aromatic N) is 2. The normalized spacial score (nSPS) is 10.4. The van der Waals surface area contributed by atoms with Crippen molar-refractivity contribution in [3.8, 4) is 11.6 Å². The number of benzene rings is 1. The van der Waals surface area contributed by atoms with Crippen molar-refractivity contribution >= 4 is 17.6 Å². The van der Waals surface area contributed by atoms with E-state index in [-0.39, 0.29) is 0 Å². The summed E-state index contributed by atoms with van der Waals surface area (Å²) in [6.45, 7) is 2.93. The lowest BCUT2D eigenvalue weighted by molar-refractivity contribution is 0.128. The molecule has 0 saturated carbocycles. The summed E-state index contributed by atoms with van der Waals surface area (Å²) in [5.41, 5.74) is 0. The Morgan fingerprint density at radius 1 is 1.19 bits per heavy atom. The average molecular weight is 305 g/mol. The zero-order valence-electron chi connectivity index (χ0n) is 12.4. The molecular formula is C15H19N3O2S. The van der Waals surface area contributed by atoms with Gasteiger partial charge in [0.2, 0.25) is 5.88 Å². The van der Waals surface area contributed by atoms with Crippen molar-refractivity contribution < 1.29 is 9.47 Å². The molecule has 2 rings (SSSR count). The minimum Gasteiger partial charge on any atom is -0.439 e. The first kappa shape index (κ1) is 15.6. The maximum Gasteiger partial charge on any atom is 0.224 e. The number of rotatable bonds is 7. The molecular weight excluding hydrogens is 286 g/mol. The van der Waals surface area contributed by atoms with E-state index in [2.05, 4.69) is 15.3 Å². The van der Waals surface area contributed by atoms with Crippen LogP contribution in [0.1, 0.15) is 12.7 Å². The van der Waals surface area contributed by atoms with Crippen molar-refractivity contribution in [2.45, 2.75) is 18.4 Å². The molecule has 6 heteroatoms. The van der Waals surface area contributed by atoms with E-state index in [1.54, 1.807) is 17.8 Å². The first-order valence-corrected chi connectivity index (χ1v) is 7.93. The lowest BCUT2D eigenvalue weighted by atomic mass is 10.3. The van der Waals surface area contributed by atoms with Crippen LogP contribution in [-0.2, 0) is 11.3 Å². The second kappa shape index (κ2) is 7.85. The van der Waals surface area contributed by atoms with Crippen molar-refractivity contribution in [1.29, 1.82) is 0 Å². The van der Waals surface area contributed by atoms with Crippen LogP contribution in [0.4, 0.5) is 5.82 Å². The first-order valence-electron chi connectivity index (χ1n) is 6.70. The van der Waals surface area contributed by atoms with Gasteiger partial charge in [0, 0.05) is 24.6 Å². The molecule has 112 valence electrons. The zero-order valence-corrected chi connectivity index (χ0v) is 13.2. The first-order chi connectivity index (χ1) is 10.2. The van der Waals surface area contributed by atoms with Crippen LogP contribution in [0.5, 0.6) is 11.6 Å². The number of hydrogen-bond acceptors (Lipinski definition) is 6. The standard InChI is InChI=1S/C15H19N3O2S/c1-4-19-10-14-17-13(16-2)9-15(18-14)20-11-5-7-12(21-3)8-6-11/h5-9H,4,10H2,1-3H3,(H,16,17,18). The molecule has 2 aromatic rings. The van der Waals surface area contributed by atoms with Crippen LogP contribution >= 0.6 is 11.8 Å². The van der Waals surface area contributed by atoms with Crippen molar-refractivity contribution in [2.24, 2.45) is 0 Å². The summed E-state index contributed by atoms with van der Waals surface area (Å²) in [6.07, 6.45) is 2.04. The predicted octanol–water partition coefficient (Wildman–Crippen LogP) is 3.57. The molecule has 1 N–H and O–H groups in total. The summed E-state index contributed by atoms with van der Waals surface area (Å²) in [6, 6.07) is 9.64. The molecule has 0 atom stereocenters. The van der Waals surface area contributed by atoms with Crippen molar-refractivity contribution in [1.82, 2.24) is 9.97 Å².